The smallest absolute Gasteiger partial charge is 0.305 e. The molecule has 0 fully saturated rings. The summed E-state index contributed by atoms with van der Waals surface area (Å²) in [4.78, 5) is 0. The van der Waals surface area contributed by atoms with Gasteiger partial charge in [-0.2, -0.15) is 0 Å². The van der Waals surface area contributed by atoms with E-state index in [1.807, 2.05) is 30.3 Å². The van der Waals surface area contributed by atoms with Crippen LogP contribution in [0.5, 0.6) is 0 Å². The molecule has 0 heterocycles. The van der Waals surface area contributed by atoms with E-state index in [2.05, 4.69) is 12.3 Å². The zero-order valence-electron chi connectivity index (χ0n) is 10.2. The van der Waals surface area contributed by atoms with Crippen molar-refractivity contribution in [1.29, 1.82) is 0 Å². The zero-order chi connectivity index (χ0) is 12.7. The van der Waals surface area contributed by atoms with E-state index in [4.69, 9.17) is 9.05 Å². The second kappa shape index (κ2) is 6.58. The summed E-state index contributed by atoms with van der Waals surface area (Å²) in [6.07, 6.45) is 0. The molecule has 92 valence electrons. The zero-order valence-corrected chi connectivity index (χ0v) is 11.1. The Balaban J connectivity index is 3.17. The number of hydrogen-bond acceptors (Lipinski definition) is 3. The summed E-state index contributed by atoms with van der Waals surface area (Å²) < 4.78 is 23.1. The number of benzene rings is 1. The average Bonchev–Trinajstić information content (AvgIpc) is 2.31. The average molecular weight is 252 g/mol. The molecule has 0 aliphatic heterocycles. The van der Waals surface area contributed by atoms with E-state index < -0.39 is 7.60 Å². The quantitative estimate of drug-likeness (QED) is 0.565. The van der Waals surface area contributed by atoms with Crippen molar-refractivity contribution in [2.45, 2.75) is 13.8 Å². The fourth-order valence-electron chi connectivity index (χ4n) is 1.46. The van der Waals surface area contributed by atoms with Crippen LogP contribution in [0.2, 0.25) is 0 Å². The van der Waals surface area contributed by atoms with Crippen LogP contribution in [0.15, 0.2) is 42.6 Å². The fraction of sp³-hybridized carbons (Fsp3) is 0.308. The molecule has 0 saturated heterocycles. The lowest BCUT2D eigenvalue weighted by Gasteiger charge is -2.18. The Hall–Kier alpha value is -1.11. The van der Waals surface area contributed by atoms with E-state index in [-0.39, 0.29) is 0 Å². The lowest BCUT2D eigenvalue weighted by atomic mass is 10.2. The highest BCUT2D eigenvalue weighted by Gasteiger charge is 2.30. The van der Waals surface area contributed by atoms with Crippen molar-refractivity contribution in [2.75, 3.05) is 13.2 Å². The van der Waals surface area contributed by atoms with Gasteiger partial charge in [0.2, 0.25) is 0 Å². The van der Waals surface area contributed by atoms with Crippen LogP contribution in [0.25, 0.3) is 5.31 Å². The topological polar surface area (TPSA) is 35.5 Å². The van der Waals surface area contributed by atoms with Crippen LogP contribution >= 0.6 is 7.60 Å². The monoisotopic (exact) mass is 252 g/mol. The summed E-state index contributed by atoms with van der Waals surface area (Å²) in [6, 6.07) is 9.26. The predicted octanol–water partition coefficient (Wildman–Crippen LogP) is 4.08. The summed E-state index contributed by atoms with van der Waals surface area (Å²) in [5, 5.41) is 0.391. The van der Waals surface area contributed by atoms with Crippen molar-refractivity contribution in [1.82, 2.24) is 0 Å². The SMILES string of the molecule is C=C=C(c1ccccc1)P(=O)(OCC)OCC. The summed E-state index contributed by atoms with van der Waals surface area (Å²) in [6.45, 7) is 7.75. The van der Waals surface area contributed by atoms with E-state index >= 15 is 0 Å². The number of hydrogen-bond donors (Lipinski definition) is 0. The maximum atomic E-state index is 12.6. The second-order valence-corrected chi connectivity index (χ2v) is 5.18. The van der Waals surface area contributed by atoms with Gasteiger partial charge in [0.1, 0.15) is 5.31 Å². The fourth-order valence-corrected chi connectivity index (χ4v) is 3.13. The molecule has 0 N–H and O–H groups in total. The van der Waals surface area contributed by atoms with Crippen molar-refractivity contribution >= 4 is 12.9 Å². The molecule has 0 spiro atoms. The Kier molecular flexibility index (Phi) is 5.40. The van der Waals surface area contributed by atoms with Gasteiger partial charge in [0.25, 0.3) is 0 Å². The number of rotatable bonds is 6. The molecule has 0 saturated carbocycles. The first-order valence-electron chi connectivity index (χ1n) is 5.53. The summed E-state index contributed by atoms with van der Waals surface area (Å²) in [7, 11) is -3.31. The Morgan fingerprint density at radius 3 is 2.18 bits per heavy atom. The molecule has 4 heteroatoms. The van der Waals surface area contributed by atoms with Gasteiger partial charge in [-0.15, -0.1) is 5.73 Å². The summed E-state index contributed by atoms with van der Waals surface area (Å²) in [5.74, 6) is 0. The highest BCUT2D eigenvalue weighted by atomic mass is 31.2. The molecule has 17 heavy (non-hydrogen) atoms. The van der Waals surface area contributed by atoms with E-state index in [0.29, 0.717) is 18.5 Å². The third-order valence-corrected chi connectivity index (χ3v) is 4.25. The second-order valence-electron chi connectivity index (χ2n) is 3.22. The van der Waals surface area contributed by atoms with Crippen molar-refractivity contribution in [3.63, 3.8) is 0 Å². The van der Waals surface area contributed by atoms with Gasteiger partial charge < -0.3 is 9.05 Å². The van der Waals surface area contributed by atoms with Gasteiger partial charge in [-0.1, -0.05) is 36.9 Å². The molecule has 3 nitrogen and oxygen atoms in total. The van der Waals surface area contributed by atoms with Crippen molar-refractivity contribution in [2.24, 2.45) is 0 Å². The van der Waals surface area contributed by atoms with E-state index in [9.17, 15) is 4.57 Å². The molecular weight excluding hydrogens is 235 g/mol. The highest BCUT2D eigenvalue weighted by Crippen LogP contribution is 2.59. The highest BCUT2D eigenvalue weighted by molar-refractivity contribution is 7.65. The maximum absolute atomic E-state index is 12.6. The van der Waals surface area contributed by atoms with Crippen molar-refractivity contribution < 1.29 is 13.6 Å². The minimum Gasteiger partial charge on any atom is -0.305 e. The van der Waals surface area contributed by atoms with E-state index in [1.165, 1.54) is 0 Å². The first kappa shape index (κ1) is 14.0. The first-order chi connectivity index (χ1) is 8.18. The summed E-state index contributed by atoms with van der Waals surface area (Å²) >= 11 is 0. The lowest BCUT2D eigenvalue weighted by molar-refractivity contribution is 0.230. The largest absolute Gasteiger partial charge is 0.369 e. The molecule has 0 bridgehead atoms. The molecule has 1 rings (SSSR count). The van der Waals surface area contributed by atoms with Gasteiger partial charge in [-0.05, 0) is 19.4 Å². The van der Waals surface area contributed by atoms with Crippen LogP contribution < -0.4 is 0 Å². The first-order valence-corrected chi connectivity index (χ1v) is 7.07. The predicted molar refractivity (Wildman–Crippen MR) is 69.8 cm³/mol. The van der Waals surface area contributed by atoms with Crippen LogP contribution in [0.4, 0.5) is 0 Å². The van der Waals surface area contributed by atoms with Gasteiger partial charge in [0.15, 0.2) is 0 Å². The van der Waals surface area contributed by atoms with E-state index in [1.54, 1.807) is 13.8 Å². The van der Waals surface area contributed by atoms with Crippen LogP contribution in [-0.4, -0.2) is 13.2 Å². The van der Waals surface area contributed by atoms with Gasteiger partial charge in [0.05, 0.1) is 13.2 Å². The van der Waals surface area contributed by atoms with Gasteiger partial charge in [0, 0.05) is 0 Å². The minimum absolute atomic E-state index is 0.315. The third-order valence-electron chi connectivity index (χ3n) is 2.09. The Labute approximate surface area is 102 Å². The summed E-state index contributed by atoms with van der Waals surface area (Å²) in [5.41, 5.74) is 3.44. The molecule has 1 aromatic rings. The van der Waals surface area contributed by atoms with Crippen LogP contribution in [-0.2, 0) is 13.6 Å². The molecule has 0 atom stereocenters. The van der Waals surface area contributed by atoms with Crippen molar-refractivity contribution in [3.05, 3.63) is 48.2 Å². The molecular formula is C13H17O3P. The molecule has 0 aliphatic carbocycles. The Morgan fingerprint density at radius 1 is 1.24 bits per heavy atom. The maximum Gasteiger partial charge on any atom is 0.369 e. The van der Waals surface area contributed by atoms with E-state index in [0.717, 1.165) is 5.56 Å². The standard InChI is InChI=1S/C13H17O3P/c1-4-13(12-10-8-7-9-11-12)17(14,15-5-2)16-6-3/h7-11H,1,5-6H2,2-3H3. The molecule has 0 radical (unpaired) electrons. The van der Waals surface area contributed by atoms with Crippen LogP contribution in [0.1, 0.15) is 19.4 Å². The third kappa shape index (κ3) is 3.42. The normalized spacial score (nSPS) is 10.9. The van der Waals surface area contributed by atoms with Crippen LogP contribution in [0.3, 0.4) is 0 Å². The molecule has 1 aromatic carbocycles. The lowest BCUT2D eigenvalue weighted by Crippen LogP contribution is -1.98. The van der Waals surface area contributed by atoms with Crippen LogP contribution in [0, 0.1) is 0 Å². The minimum atomic E-state index is -3.31. The Bertz CT molecular complexity index is 437. The van der Waals surface area contributed by atoms with Gasteiger partial charge >= 0.3 is 7.60 Å². The Morgan fingerprint density at radius 2 is 1.76 bits per heavy atom. The molecule has 0 amide bonds. The van der Waals surface area contributed by atoms with Gasteiger partial charge in [-0.3, -0.25) is 4.57 Å². The molecule has 0 aromatic heterocycles. The molecule has 0 aliphatic rings. The molecule has 0 unspecified atom stereocenters. The van der Waals surface area contributed by atoms with Gasteiger partial charge in [-0.25, -0.2) is 0 Å². The van der Waals surface area contributed by atoms with Crippen molar-refractivity contribution in [3.8, 4) is 0 Å².